The minimum Gasteiger partial charge on any atom is -0.496 e. The van der Waals surface area contributed by atoms with E-state index in [0.717, 1.165) is 34.1 Å². The fraction of sp³-hybridized carbons (Fsp3) is 0.286. The molecule has 3 aromatic rings. The molecular weight excluding hydrogens is 388 g/mol. The molecule has 2 aromatic carbocycles. The summed E-state index contributed by atoms with van der Waals surface area (Å²) in [5, 5.41) is 4.26. The number of fused-ring (bicyclic) bond motifs is 2. The van der Waals surface area contributed by atoms with E-state index in [1.807, 2.05) is 30.3 Å². The molecule has 8 heteroatoms. The van der Waals surface area contributed by atoms with E-state index < -0.39 is 10.2 Å². The van der Waals surface area contributed by atoms with Crippen LogP contribution in [0.5, 0.6) is 5.75 Å². The predicted molar refractivity (Wildman–Crippen MR) is 116 cm³/mol. The predicted octanol–water partition coefficient (Wildman–Crippen LogP) is 3.56. The van der Waals surface area contributed by atoms with Crippen molar-refractivity contribution in [1.29, 1.82) is 0 Å². The minimum absolute atomic E-state index is 0.126. The van der Waals surface area contributed by atoms with Gasteiger partial charge in [-0.05, 0) is 48.7 Å². The first-order chi connectivity index (χ1) is 13.9. The van der Waals surface area contributed by atoms with E-state index in [1.165, 1.54) is 25.2 Å². The molecule has 1 atom stereocenters. The fourth-order valence-corrected chi connectivity index (χ4v) is 4.34. The number of benzene rings is 2. The van der Waals surface area contributed by atoms with Crippen LogP contribution in [-0.2, 0) is 16.6 Å². The lowest BCUT2D eigenvalue weighted by atomic mass is 10.1. The van der Waals surface area contributed by atoms with Crippen LogP contribution in [0.3, 0.4) is 0 Å². The number of nitrogens with one attached hydrogen (secondary N) is 2. The van der Waals surface area contributed by atoms with Crippen molar-refractivity contribution >= 4 is 32.6 Å². The van der Waals surface area contributed by atoms with Gasteiger partial charge in [-0.2, -0.15) is 12.7 Å². The van der Waals surface area contributed by atoms with Crippen LogP contribution in [0.4, 0.5) is 11.5 Å². The van der Waals surface area contributed by atoms with E-state index in [2.05, 4.69) is 16.1 Å². The molecular formula is C21H24N4O3S. The third-order valence-electron chi connectivity index (χ3n) is 5.20. The monoisotopic (exact) mass is 412 g/mol. The second-order valence-electron chi connectivity index (χ2n) is 7.23. The zero-order chi connectivity index (χ0) is 20.6. The Hall–Kier alpha value is -2.84. The highest BCUT2D eigenvalue weighted by Crippen LogP contribution is 2.39. The van der Waals surface area contributed by atoms with Crippen molar-refractivity contribution in [2.24, 2.45) is 0 Å². The van der Waals surface area contributed by atoms with Crippen molar-refractivity contribution in [1.82, 2.24) is 9.29 Å². The van der Waals surface area contributed by atoms with Gasteiger partial charge < -0.3 is 10.1 Å². The number of methoxy groups -OCH3 is 1. The molecule has 152 valence electrons. The Kier molecular flexibility index (Phi) is 5.06. The number of rotatable bonds is 6. The second kappa shape index (κ2) is 7.53. The van der Waals surface area contributed by atoms with Crippen LogP contribution in [0.25, 0.3) is 10.9 Å². The Morgan fingerprint density at radius 3 is 2.66 bits per heavy atom. The maximum absolute atomic E-state index is 12.2. The highest BCUT2D eigenvalue weighted by molar-refractivity contribution is 7.90. The highest BCUT2D eigenvalue weighted by atomic mass is 32.2. The standard InChI is InChI=1S/C21H24N4O3S/c1-25(2)29(26,27)24-17-8-5-7-16-15(17)11-13-20(22-16)23-18-12-10-14-6-4-9-19(28-3)21(14)18/h4-9,11,13,18,24H,10,12H2,1-3H3,(H,22,23). The summed E-state index contributed by atoms with van der Waals surface area (Å²) < 4.78 is 33.7. The Labute approximate surface area is 170 Å². The van der Waals surface area contributed by atoms with Crippen molar-refractivity contribution in [3.63, 3.8) is 0 Å². The van der Waals surface area contributed by atoms with Crippen LogP contribution in [-0.4, -0.2) is 38.9 Å². The number of aromatic nitrogens is 1. The van der Waals surface area contributed by atoms with Gasteiger partial charge in [0.15, 0.2) is 0 Å². The third kappa shape index (κ3) is 3.73. The molecule has 0 spiro atoms. The Bertz CT molecular complexity index is 1160. The van der Waals surface area contributed by atoms with Gasteiger partial charge in [0.05, 0.1) is 24.4 Å². The van der Waals surface area contributed by atoms with E-state index >= 15 is 0 Å². The van der Waals surface area contributed by atoms with Crippen LogP contribution >= 0.6 is 0 Å². The summed E-state index contributed by atoms with van der Waals surface area (Å²) in [6, 6.07) is 15.4. The number of anilines is 2. The largest absolute Gasteiger partial charge is 0.496 e. The van der Waals surface area contributed by atoms with Gasteiger partial charge in [-0.1, -0.05) is 18.2 Å². The van der Waals surface area contributed by atoms with Crippen LogP contribution in [0.2, 0.25) is 0 Å². The lowest BCUT2D eigenvalue weighted by molar-refractivity contribution is 0.408. The first kappa shape index (κ1) is 19.5. The summed E-state index contributed by atoms with van der Waals surface area (Å²) in [4.78, 5) is 4.70. The van der Waals surface area contributed by atoms with Crippen LogP contribution < -0.4 is 14.8 Å². The maximum atomic E-state index is 12.2. The molecule has 0 radical (unpaired) electrons. The summed E-state index contributed by atoms with van der Waals surface area (Å²) in [5.74, 6) is 1.63. The lowest BCUT2D eigenvalue weighted by Crippen LogP contribution is -2.29. The summed E-state index contributed by atoms with van der Waals surface area (Å²) in [7, 11) is 1.08. The van der Waals surface area contributed by atoms with Gasteiger partial charge in [0.25, 0.3) is 0 Å². The van der Waals surface area contributed by atoms with Gasteiger partial charge >= 0.3 is 10.2 Å². The van der Waals surface area contributed by atoms with Crippen LogP contribution in [0, 0.1) is 0 Å². The van der Waals surface area contributed by atoms with Crippen molar-refractivity contribution < 1.29 is 13.2 Å². The smallest absolute Gasteiger partial charge is 0.301 e. The van der Waals surface area contributed by atoms with E-state index in [-0.39, 0.29) is 6.04 Å². The van der Waals surface area contributed by atoms with Crippen LogP contribution in [0.1, 0.15) is 23.6 Å². The molecule has 0 amide bonds. The van der Waals surface area contributed by atoms with Gasteiger partial charge in [0, 0.05) is 25.0 Å². The normalized spacial score (nSPS) is 16.1. The topological polar surface area (TPSA) is 83.6 Å². The van der Waals surface area contributed by atoms with Gasteiger partial charge in [-0.25, -0.2) is 4.98 Å². The van der Waals surface area contributed by atoms with Gasteiger partial charge in [-0.3, -0.25) is 4.72 Å². The average Bonchev–Trinajstić information content (AvgIpc) is 3.10. The molecule has 2 N–H and O–H groups in total. The first-order valence-corrected chi connectivity index (χ1v) is 10.9. The highest BCUT2D eigenvalue weighted by Gasteiger charge is 2.26. The zero-order valence-electron chi connectivity index (χ0n) is 16.6. The first-order valence-electron chi connectivity index (χ1n) is 9.41. The Morgan fingerprint density at radius 2 is 1.90 bits per heavy atom. The number of nitrogens with zero attached hydrogens (tertiary/aromatic N) is 2. The van der Waals surface area contributed by atoms with Crippen molar-refractivity contribution in [2.45, 2.75) is 18.9 Å². The molecule has 0 fully saturated rings. The summed E-state index contributed by atoms with van der Waals surface area (Å²) in [6.45, 7) is 0. The molecule has 7 nitrogen and oxygen atoms in total. The SMILES string of the molecule is COc1cccc2c1C(Nc1ccc3c(NS(=O)(=O)N(C)C)cccc3n1)CC2. The van der Waals surface area contributed by atoms with E-state index in [4.69, 9.17) is 9.72 Å². The van der Waals surface area contributed by atoms with Gasteiger partial charge in [0.2, 0.25) is 0 Å². The Morgan fingerprint density at radius 1 is 1.10 bits per heavy atom. The third-order valence-corrected chi connectivity index (χ3v) is 6.64. The van der Waals surface area contributed by atoms with Crippen LogP contribution in [0.15, 0.2) is 48.5 Å². The molecule has 0 bridgehead atoms. The lowest BCUT2D eigenvalue weighted by Gasteiger charge is -2.18. The fourth-order valence-electron chi connectivity index (χ4n) is 3.70. The maximum Gasteiger partial charge on any atom is 0.301 e. The molecule has 0 saturated heterocycles. The zero-order valence-corrected chi connectivity index (χ0v) is 17.5. The quantitative estimate of drug-likeness (QED) is 0.647. The number of hydrogen-bond donors (Lipinski definition) is 2. The molecule has 0 aliphatic heterocycles. The Balaban J connectivity index is 1.64. The van der Waals surface area contributed by atoms with Crippen molar-refractivity contribution in [3.05, 3.63) is 59.7 Å². The minimum atomic E-state index is -3.59. The molecule has 1 aliphatic carbocycles. The average molecular weight is 413 g/mol. The summed E-state index contributed by atoms with van der Waals surface area (Å²) in [6.07, 6.45) is 1.96. The number of ether oxygens (including phenoxy) is 1. The van der Waals surface area contributed by atoms with Crippen molar-refractivity contribution in [2.75, 3.05) is 31.2 Å². The molecule has 1 unspecified atom stereocenters. The molecule has 1 heterocycles. The molecule has 4 rings (SSSR count). The second-order valence-corrected chi connectivity index (χ2v) is 9.11. The number of pyridine rings is 1. The van der Waals surface area contributed by atoms with Crippen molar-refractivity contribution in [3.8, 4) is 5.75 Å². The summed E-state index contributed by atoms with van der Waals surface area (Å²) in [5.41, 5.74) is 3.70. The van der Waals surface area contributed by atoms with E-state index in [1.54, 1.807) is 19.2 Å². The molecule has 29 heavy (non-hydrogen) atoms. The number of hydrogen-bond acceptors (Lipinski definition) is 5. The van der Waals surface area contributed by atoms with E-state index in [9.17, 15) is 8.42 Å². The van der Waals surface area contributed by atoms with Gasteiger partial charge in [-0.15, -0.1) is 0 Å². The van der Waals surface area contributed by atoms with Gasteiger partial charge in [0.1, 0.15) is 11.6 Å². The number of aryl methyl sites for hydroxylation is 1. The molecule has 1 aromatic heterocycles. The molecule has 0 saturated carbocycles. The molecule has 1 aliphatic rings. The van der Waals surface area contributed by atoms with E-state index in [0.29, 0.717) is 11.2 Å². The summed E-state index contributed by atoms with van der Waals surface area (Å²) >= 11 is 0.